The molecule has 0 heterocycles. The summed E-state index contributed by atoms with van der Waals surface area (Å²) < 4.78 is 5.53. The Morgan fingerprint density at radius 2 is 1.45 bits per heavy atom. The molecule has 0 saturated heterocycles. The van der Waals surface area contributed by atoms with E-state index < -0.39 is 0 Å². The van der Waals surface area contributed by atoms with Crippen molar-refractivity contribution in [3.05, 3.63) is 65.2 Å². The molecule has 0 fully saturated rings. The van der Waals surface area contributed by atoms with Crippen molar-refractivity contribution in [1.82, 2.24) is 9.80 Å². The van der Waals surface area contributed by atoms with Crippen molar-refractivity contribution >= 4 is 5.91 Å². The molecule has 0 spiro atoms. The average molecular weight is 457 g/mol. The number of benzene rings is 2. The lowest BCUT2D eigenvalue weighted by Gasteiger charge is -2.27. The molecule has 0 radical (unpaired) electrons. The van der Waals surface area contributed by atoms with Gasteiger partial charge in [0.2, 0.25) is 0 Å². The minimum atomic E-state index is -0.0167. The lowest BCUT2D eigenvalue weighted by atomic mass is 10.0. The van der Waals surface area contributed by atoms with Crippen molar-refractivity contribution in [1.29, 1.82) is 0 Å². The summed E-state index contributed by atoms with van der Waals surface area (Å²) in [7, 11) is 0. The second-order valence-corrected chi connectivity index (χ2v) is 8.25. The molecule has 0 aliphatic rings. The van der Waals surface area contributed by atoms with Crippen LogP contribution < -0.4 is 4.74 Å². The topological polar surface area (TPSA) is 73.2 Å². The number of unbranched alkanes of at least 4 members (excludes halogenated alkanes) is 2. The number of hydrogen-bond acceptors (Lipinski definition) is 5. The van der Waals surface area contributed by atoms with Crippen LogP contribution in [0.15, 0.2) is 48.5 Å². The largest absolute Gasteiger partial charge is 0.494 e. The number of hydrogen-bond donors (Lipinski definition) is 2. The maximum atomic E-state index is 13.4. The lowest BCUT2D eigenvalue weighted by Crippen LogP contribution is -2.40. The number of ether oxygens (including phenoxy) is 1. The first-order chi connectivity index (χ1) is 16.1. The Bertz CT molecular complexity index is 787. The van der Waals surface area contributed by atoms with E-state index in [4.69, 9.17) is 4.74 Å². The van der Waals surface area contributed by atoms with Crippen molar-refractivity contribution < 1.29 is 19.7 Å². The Balaban J connectivity index is 2.13. The predicted octanol–water partition coefficient (Wildman–Crippen LogP) is 3.75. The number of rotatable bonds is 16. The molecule has 2 rings (SSSR count). The number of nitrogens with zero attached hydrogens (tertiary/aromatic N) is 2. The van der Waals surface area contributed by atoms with Gasteiger partial charge in [0.1, 0.15) is 5.75 Å². The molecule has 2 N–H and O–H groups in total. The molecule has 6 heteroatoms. The van der Waals surface area contributed by atoms with E-state index in [1.54, 1.807) is 0 Å². The van der Waals surface area contributed by atoms with Crippen LogP contribution in [-0.4, -0.2) is 71.9 Å². The van der Waals surface area contributed by atoms with Crippen molar-refractivity contribution in [3.63, 3.8) is 0 Å². The summed E-state index contributed by atoms with van der Waals surface area (Å²) in [6.45, 7) is 7.31. The Morgan fingerprint density at radius 1 is 0.818 bits per heavy atom. The van der Waals surface area contributed by atoms with Gasteiger partial charge < -0.3 is 19.8 Å². The second kappa shape index (κ2) is 15.4. The third-order valence-electron chi connectivity index (χ3n) is 5.68. The van der Waals surface area contributed by atoms with Gasteiger partial charge in [0.15, 0.2) is 0 Å². The quantitative estimate of drug-likeness (QED) is 0.377. The smallest absolute Gasteiger partial charge is 0.254 e. The van der Waals surface area contributed by atoms with Crippen molar-refractivity contribution in [2.75, 3.05) is 46.0 Å². The number of aliphatic hydroxyl groups excluding tert-OH is 2. The number of amides is 1. The van der Waals surface area contributed by atoms with Gasteiger partial charge in [0.25, 0.3) is 5.91 Å². The molecule has 182 valence electrons. The van der Waals surface area contributed by atoms with Crippen LogP contribution >= 0.6 is 0 Å². The first-order valence-corrected chi connectivity index (χ1v) is 12.1. The minimum absolute atomic E-state index is 0.0167. The van der Waals surface area contributed by atoms with Gasteiger partial charge in [-0.15, -0.1) is 0 Å². The monoisotopic (exact) mass is 456 g/mol. The van der Waals surface area contributed by atoms with Crippen LogP contribution in [0.4, 0.5) is 0 Å². The van der Waals surface area contributed by atoms with E-state index in [2.05, 4.69) is 19.1 Å². The van der Waals surface area contributed by atoms with Crippen molar-refractivity contribution in [3.8, 4) is 5.75 Å². The summed E-state index contributed by atoms with van der Waals surface area (Å²) in [5, 5.41) is 18.6. The molecular formula is C27H40N2O4. The Kier molecular flexibility index (Phi) is 12.6. The highest BCUT2D eigenvalue weighted by molar-refractivity contribution is 5.94. The molecule has 2 aromatic rings. The van der Waals surface area contributed by atoms with Crippen LogP contribution in [0.3, 0.4) is 0 Å². The summed E-state index contributed by atoms with van der Waals surface area (Å²) >= 11 is 0. The van der Waals surface area contributed by atoms with E-state index >= 15 is 0 Å². The highest BCUT2D eigenvalue weighted by atomic mass is 16.5. The molecule has 33 heavy (non-hydrogen) atoms. The maximum absolute atomic E-state index is 13.4. The fourth-order valence-corrected chi connectivity index (χ4v) is 3.79. The van der Waals surface area contributed by atoms with Gasteiger partial charge in [-0.3, -0.25) is 9.69 Å². The van der Waals surface area contributed by atoms with Gasteiger partial charge in [-0.05, 0) is 55.2 Å². The molecular weight excluding hydrogens is 416 g/mol. The number of carbonyl (C=O) groups is 1. The predicted molar refractivity (Wildman–Crippen MR) is 133 cm³/mol. The van der Waals surface area contributed by atoms with E-state index in [1.165, 1.54) is 24.8 Å². The third-order valence-corrected chi connectivity index (χ3v) is 5.68. The van der Waals surface area contributed by atoms with Gasteiger partial charge in [-0.1, -0.05) is 44.0 Å². The number of aryl methyl sites for hydroxylation is 1. The van der Waals surface area contributed by atoms with Crippen molar-refractivity contribution in [2.45, 2.75) is 46.1 Å². The fraction of sp³-hybridized carbons (Fsp3) is 0.519. The van der Waals surface area contributed by atoms with Crippen molar-refractivity contribution in [2.24, 2.45) is 0 Å². The second-order valence-electron chi connectivity index (χ2n) is 8.25. The Labute approximate surface area is 198 Å². The van der Waals surface area contributed by atoms with E-state index in [9.17, 15) is 15.0 Å². The van der Waals surface area contributed by atoms with E-state index in [0.717, 1.165) is 17.7 Å². The Hall–Kier alpha value is -2.41. The summed E-state index contributed by atoms with van der Waals surface area (Å²) in [6.07, 6.45) is 4.62. The third kappa shape index (κ3) is 9.54. The van der Waals surface area contributed by atoms with Crippen LogP contribution in [0.5, 0.6) is 5.75 Å². The van der Waals surface area contributed by atoms with E-state index in [-0.39, 0.29) is 19.1 Å². The lowest BCUT2D eigenvalue weighted by molar-refractivity contribution is 0.0708. The van der Waals surface area contributed by atoms with Gasteiger partial charge in [-0.25, -0.2) is 0 Å². The van der Waals surface area contributed by atoms with Gasteiger partial charge in [0, 0.05) is 38.3 Å². The summed E-state index contributed by atoms with van der Waals surface area (Å²) in [5.41, 5.74) is 2.96. The zero-order chi connectivity index (χ0) is 23.9. The highest BCUT2D eigenvalue weighted by Crippen LogP contribution is 2.16. The zero-order valence-corrected chi connectivity index (χ0v) is 20.2. The summed E-state index contributed by atoms with van der Waals surface area (Å²) in [5.74, 6) is 0.798. The van der Waals surface area contributed by atoms with E-state index in [0.29, 0.717) is 44.9 Å². The molecule has 1 amide bonds. The number of carbonyl (C=O) groups excluding carboxylic acids is 1. The van der Waals surface area contributed by atoms with Gasteiger partial charge in [0.05, 0.1) is 19.8 Å². The minimum Gasteiger partial charge on any atom is -0.494 e. The standard InChI is InChI=1S/C27H40N2O4/c1-3-5-6-7-23-8-12-25(13-9-23)27(32)29(17-16-28(18-20-30)19-21-31)22-24-10-14-26(15-11-24)33-4-2/h8-15,30-31H,3-7,16-22H2,1-2H3. The van der Waals surface area contributed by atoms with E-state index in [1.807, 2.05) is 53.1 Å². The zero-order valence-electron chi connectivity index (χ0n) is 20.2. The molecule has 0 bridgehead atoms. The van der Waals surface area contributed by atoms with Gasteiger partial charge >= 0.3 is 0 Å². The fourth-order valence-electron chi connectivity index (χ4n) is 3.79. The van der Waals surface area contributed by atoms with Crippen LogP contribution in [0, 0.1) is 0 Å². The first kappa shape index (κ1) is 26.8. The molecule has 2 aromatic carbocycles. The Morgan fingerprint density at radius 3 is 2.03 bits per heavy atom. The SMILES string of the molecule is CCCCCc1ccc(C(=O)N(CCN(CCO)CCO)Cc2ccc(OCC)cc2)cc1. The summed E-state index contributed by atoms with van der Waals surface area (Å²) in [6, 6.07) is 15.8. The highest BCUT2D eigenvalue weighted by Gasteiger charge is 2.18. The van der Waals surface area contributed by atoms with Crippen LogP contribution in [0.1, 0.15) is 54.6 Å². The first-order valence-electron chi connectivity index (χ1n) is 12.1. The van der Waals surface area contributed by atoms with Crippen LogP contribution in [0.2, 0.25) is 0 Å². The summed E-state index contributed by atoms with van der Waals surface area (Å²) in [4.78, 5) is 17.2. The average Bonchev–Trinajstić information content (AvgIpc) is 2.83. The molecule has 0 aliphatic carbocycles. The van der Waals surface area contributed by atoms with Gasteiger partial charge in [-0.2, -0.15) is 0 Å². The molecule has 0 aromatic heterocycles. The molecule has 0 aliphatic heterocycles. The molecule has 0 atom stereocenters. The molecule has 0 saturated carbocycles. The number of aliphatic hydroxyl groups is 2. The van der Waals surface area contributed by atoms with Crippen LogP contribution in [0.25, 0.3) is 0 Å². The molecule has 6 nitrogen and oxygen atoms in total. The maximum Gasteiger partial charge on any atom is 0.254 e. The normalized spacial score (nSPS) is 11.1. The van der Waals surface area contributed by atoms with Crippen LogP contribution in [-0.2, 0) is 13.0 Å². The molecule has 0 unspecified atom stereocenters.